The SMILES string of the molecule is Cc1ccc(C)c(NC(=O)NCC(=O)Nc2cc(Cl)ccc2Cl)c1. The minimum atomic E-state index is -0.462. The molecule has 0 aliphatic heterocycles. The minimum Gasteiger partial charge on any atom is -0.329 e. The first-order chi connectivity index (χ1) is 11.3. The van der Waals surface area contributed by atoms with E-state index in [1.807, 2.05) is 32.0 Å². The lowest BCUT2D eigenvalue weighted by Gasteiger charge is -2.11. The summed E-state index contributed by atoms with van der Waals surface area (Å²) in [7, 11) is 0. The van der Waals surface area contributed by atoms with Gasteiger partial charge in [-0.15, -0.1) is 0 Å². The summed E-state index contributed by atoms with van der Waals surface area (Å²) in [4.78, 5) is 23.8. The Morgan fingerprint density at radius 2 is 1.71 bits per heavy atom. The Morgan fingerprint density at radius 3 is 2.46 bits per heavy atom. The second-order valence-electron chi connectivity index (χ2n) is 5.30. The molecule has 24 heavy (non-hydrogen) atoms. The normalized spacial score (nSPS) is 10.2. The summed E-state index contributed by atoms with van der Waals surface area (Å²) in [5.41, 5.74) is 3.06. The van der Waals surface area contributed by atoms with Crippen molar-refractivity contribution in [2.24, 2.45) is 0 Å². The number of hydrogen-bond donors (Lipinski definition) is 3. The third-order valence-electron chi connectivity index (χ3n) is 3.25. The maximum atomic E-state index is 11.9. The molecule has 0 radical (unpaired) electrons. The molecule has 0 unspecified atom stereocenters. The predicted octanol–water partition coefficient (Wildman–Crippen LogP) is 4.37. The van der Waals surface area contributed by atoms with Gasteiger partial charge in [0.15, 0.2) is 0 Å². The van der Waals surface area contributed by atoms with Crippen LogP contribution in [0.3, 0.4) is 0 Å². The molecule has 0 heterocycles. The minimum absolute atomic E-state index is 0.195. The smallest absolute Gasteiger partial charge is 0.319 e. The molecular formula is C17H17Cl2N3O2. The van der Waals surface area contributed by atoms with Gasteiger partial charge in [-0.25, -0.2) is 4.79 Å². The zero-order valence-electron chi connectivity index (χ0n) is 13.2. The standard InChI is InChI=1S/C17H17Cl2N3O2/c1-10-3-4-11(2)14(7-10)22-17(24)20-9-16(23)21-15-8-12(18)5-6-13(15)19/h3-8H,9H2,1-2H3,(H,21,23)(H2,20,22,24). The van der Waals surface area contributed by atoms with Crippen LogP contribution in [0.5, 0.6) is 0 Å². The Kier molecular flexibility index (Phi) is 6.06. The molecule has 0 aliphatic carbocycles. The van der Waals surface area contributed by atoms with Gasteiger partial charge >= 0.3 is 6.03 Å². The van der Waals surface area contributed by atoms with Gasteiger partial charge in [0.1, 0.15) is 0 Å². The van der Waals surface area contributed by atoms with E-state index in [-0.39, 0.29) is 6.54 Å². The van der Waals surface area contributed by atoms with Crippen molar-refractivity contribution in [3.05, 3.63) is 57.6 Å². The number of aryl methyl sites for hydroxylation is 2. The van der Waals surface area contributed by atoms with Gasteiger partial charge in [-0.3, -0.25) is 4.79 Å². The fourth-order valence-corrected chi connectivity index (χ4v) is 2.32. The Balaban J connectivity index is 1.88. The number of anilines is 2. The molecule has 3 N–H and O–H groups in total. The summed E-state index contributed by atoms with van der Waals surface area (Å²) >= 11 is 11.8. The van der Waals surface area contributed by atoms with Crippen molar-refractivity contribution in [1.82, 2.24) is 5.32 Å². The zero-order chi connectivity index (χ0) is 17.7. The molecule has 2 aromatic carbocycles. The molecule has 0 bridgehead atoms. The van der Waals surface area contributed by atoms with Crippen LogP contribution in [0.2, 0.25) is 10.0 Å². The summed E-state index contributed by atoms with van der Waals surface area (Å²) in [5.74, 6) is -0.407. The summed E-state index contributed by atoms with van der Waals surface area (Å²) in [6.07, 6.45) is 0. The first-order valence-electron chi connectivity index (χ1n) is 7.22. The van der Waals surface area contributed by atoms with E-state index in [0.29, 0.717) is 21.4 Å². The molecule has 0 aliphatic rings. The summed E-state index contributed by atoms with van der Waals surface area (Å²) in [5, 5.41) is 8.62. The Morgan fingerprint density at radius 1 is 0.958 bits per heavy atom. The lowest BCUT2D eigenvalue weighted by molar-refractivity contribution is -0.115. The number of carbonyl (C=O) groups excluding carboxylic acids is 2. The van der Waals surface area contributed by atoms with Gasteiger partial charge in [-0.1, -0.05) is 35.3 Å². The van der Waals surface area contributed by atoms with Gasteiger partial charge in [0.05, 0.1) is 17.3 Å². The monoisotopic (exact) mass is 365 g/mol. The van der Waals surface area contributed by atoms with E-state index in [2.05, 4.69) is 16.0 Å². The molecule has 0 saturated carbocycles. The first kappa shape index (κ1) is 18.1. The van der Waals surface area contributed by atoms with E-state index < -0.39 is 11.9 Å². The Labute approximate surface area is 150 Å². The molecule has 2 rings (SSSR count). The van der Waals surface area contributed by atoms with Crippen LogP contribution in [0.1, 0.15) is 11.1 Å². The molecule has 0 fully saturated rings. The van der Waals surface area contributed by atoms with E-state index in [9.17, 15) is 9.59 Å². The van der Waals surface area contributed by atoms with Crippen molar-refractivity contribution in [3.8, 4) is 0 Å². The highest BCUT2D eigenvalue weighted by molar-refractivity contribution is 6.35. The van der Waals surface area contributed by atoms with Crippen LogP contribution in [-0.4, -0.2) is 18.5 Å². The lowest BCUT2D eigenvalue weighted by Crippen LogP contribution is -2.36. The van der Waals surface area contributed by atoms with Gasteiger partial charge in [-0.2, -0.15) is 0 Å². The zero-order valence-corrected chi connectivity index (χ0v) is 14.8. The molecule has 0 spiro atoms. The Bertz CT molecular complexity index is 713. The second kappa shape index (κ2) is 8.04. The third kappa shape index (κ3) is 5.15. The van der Waals surface area contributed by atoms with Crippen LogP contribution in [0.25, 0.3) is 0 Å². The van der Waals surface area contributed by atoms with Crippen molar-refractivity contribution in [2.45, 2.75) is 13.8 Å². The highest BCUT2D eigenvalue weighted by atomic mass is 35.5. The van der Waals surface area contributed by atoms with Crippen LogP contribution in [0.15, 0.2) is 36.4 Å². The second-order valence-corrected chi connectivity index (χ2v) is 6.14. The van der Waals surface area contributed by atoms with Gasteiger partial charge in [-0.05, 0) is 49.2 Å². The van der Waals surface area contributed by atoms with Crippen molar-refractivity contribution in [1.29, 1.82) is 0 Å². The maximum Gasteiger partial charge on any atom is 0.319 e. The number of benzene rings is 2. The number of rotatable bonds is 4. The topological polar surface area (TPSA) is 70.2 Å². The van der Waals surface area contributed by atoms with Gasteiger partial charge < -0.3 is 16.0 Å². The predicted molar refractivity (Wildman–Crippen MR) is 98.0 cm³/mol. The number of carbonyl (C=O) groups is 2. The van der Waals surface area contributed by atoms with Crippen LogP contribution < -0.4 is 16.0 Å². The molecule has 126 valence electrons. The summed E-state index contributed by atoms with van der Waals surface area (Å²) in [6.45, 7) is 3.63. The number of amides is 3. The van der Waals surface area contributed by atoms with Crippen LogP contribution >= 0.6 is 23.2 Å². The van der Waals surface area contributed by atoms with E-state index in [1.54, 1.807) is 12.1 Å². The number of nitrogens with one attached hydrogen (secondary N) is 3. The van der Waals surface area contributed by atoms with E-state index in [0.717, 1.165) is 11.1 Å². The maximum absolute atomic E-state index is 11.9. The molecule has 0 aromatic heterocycles. The van der Waals surface area contributed by atoms with E-state index in [1.165, 1.54) is 6.07 Å². The fourth-order valence-electron chi connectivity index (χ4n) is 1.99. The molecule has 7 heteroatoms. The molecule has 0 atom stereocenters. The third-order valence-corrected chi connectivity index (χ3v) is 3.82. The van der Waals surface area contributed by atoms with Crippen molar-refractivity contribution in [2.75, 3.05) is 17.2 Å². The lowest BCUT2D eigenvalue weighted by atomic mass is 10.1. The van der Waals surface area contributed by atoms with Crippen LogP contribution in [0, 0.1) is 13.8 Å². The average Bonchev–Trinajstić information content (AvgIpc) is 2.52. The van der Waals surface area contributed by atoms with Gasteiger partial charge in [0, 0.05) is 10.7 Å². The number of urea groups is 1. The molecular weight excluding hydrogens is 349 g/mol. The first-order valence-corrected chi connectivity index (χ1v) is 7.98. The fraction of sp³-hybridized carbons (Fsp3) is 0.176. The average molecular weight is 366 g/mol. The quantitative estimate of drug-likeness (QED) is 0.752. The molecule has 2 aromatic rings. The van der Waals surface area contributed by atoms with Crippen LogP contribution in [0.4, 0.5) is 16.2 Å². The largest absolute Gasteiger partial charge is 0.329 e. The van der Waals surface area contributed by atoms with E-state index in [4.69, 9.17) is 23.2 Å². The van der Waals surface area contributed by atoms with Crippen LogP contribution in [-0.2, 0) is 4.79 Å². The molecule has 3 amide bonds. The van der Waals surface area contributed by atoms with Crippen molar-refractivity contribution < 1.29 is 9.59 Å². The Hall–Kier alpha value is -2.24. The van der Waals surface area contributed by atoms with E-state index >= 15 is 0 Å². The molecule has 5 nitrogen and oxygen atoms in total. The highest BCUT2D eigenvalue weighted by Crippen LogP contribution is 2.25. The molecule has 0 saturated heterocycles. The van der Waals surface area contributed by atoms with Gasteiger partial charge in [0.2, 0.25) is 5.91 Å². The highest BCUT2D eigenvalue weighted by Gasteiger charge is 2.09. The van der Waals surface area contributed by atoms with Gasteiger partial charge in [0.25, 0.3) is 0 Å². The number of halogens is 2. The summed E-state index contributed by atoms with van der Waals surface area (Å²) < 4.78 is 0. The van der Waals surface area contributed by atoms with Crippen molar-refractivity contribution >= 4 is 46.5 Å². The summed E-state index contributed by atoms with van der Waals surface area (Å²) in [6, 6.07) is 10.0. The number of hydrogen-bond acceptors (Lipinski definition) is 2. The van der Waals surface area contributed by atoms with Crippen molar-refractivity contribution in [3.63, 3.8) is 0 Å².